The van der Waals surface area contributed by atoms with Gasteiger partial charge in [0.1, 0.15) is 0 Å². The zero-order valence-corrected chi connectivity index (χ0v) is 11.5. The molecule has 1 aliphatic heterocycles. The van der Waals surface area contributed by atoms with Crippen molar-refractivity contribution in [2.45, 2.75) is 39.2 Å². The van der Waals surface area contributed by atoms with E-state index in [2.05, 4.69) is 0 Å². The summed E-state index contributed by atoms with van der Waals surface area (Å²) in [5, 5.41) is 8.78. The number of thioether (sulfide) groups is 1. The van der Waals surface area contributed by atoms with Gasteiger partial charge in [-0.3, -0.25) is 9.59 Å². The smallest absolute Gasteiger partial charge is 0.303 e. The van der Waals surface area contributed by atoms with E-state index in [0.29, 0.717) is 12.5 Å². The lowest BCUT2D eigenvalue weighted by Gasteiger charge is -2.29. The fourth-order valence-electron chi connectivity index (χ4n) is 2.04. The molecule has 1 atom stereocenters. The lowest BCUT2D eigenvalue weighted by molar-refractivity contribution is -0.140. The highest BCUT2D eigenvalue weighted by atomic mass is 32.2. The minimum absolute atomic E-state index is 0.0337. The van der Waals surface area contributed by atoms with Crippen LogP contribution >= 0.6 is 11.8 Å². The van der Waals surface area contributed by atoms with Gasteiger partial charge in [0.25, 0.3) is 0 Å². The van der Waals surface area contributed by atoms with Crippen molar-refractivity contribution in [2.24, 2.45) is 5.41 Å². The molecule has 0 saturated carbocycles. The minimum atomic E-state index is -0.845. The quantitative estimate of drug-likeness (QED) is 0.818. The van der Waals surface area contributed by atoms with Crippen LogP contribution in [-0.4, -0.2) is 46.5 Å². The Hall–Kier alpha value is -0.710. The molecule has 1 saturated heterocycles. The van der Waals surface area contributed by atoms with Crippen LogP contribution in [0.15, 0.2) is 0 Å². The molecule has 0 aliphatic carbocycles. The molecule has 1 heterocycles. The van der Waals surface area contributed by atoms with Gasteiger partial charge in [0.05, 0.1) is 6.42 Å². The standard InChI is InChI=1S/C12H21NO3S/c1-12(2,7-11(15)16)6-10(14)13(3)9-4-5-17-8-9/h9H,4-8H2,1-3H3,(H,15,16). The number of aliphatic carboxylic acids is 1. The first kappa shape index (κ1) is 14.4. The molecule has 0 spiro atoms. The van der Waals surface area contributed by atoms with Gasteiger partial charge in [-0.1, -0.05) is 13.8 Å². The molecule has 98 valence electrons. The predicted octanol–water partition coefficient (Wildman–Crippen LogP) is 1.84. The van der Waals surface area contributed by atoms with Crippen LogP contribution in [0.2, 0.25) is 0 Å². The van der Waals surface area contributed by atoms with Crippen molar-refractivity contribution < 1.29 is 14.7 Å². The van der Waals surface area contributed by atoms with Crippen LogP contribution in [-0.2, 0) is 9.59 Å². The summed E-state index contributed by atoms with van der Waals surface area (Å²) in [5.74, 6) is 1.33. The maximum Gasteiger partial charge on any atom is 0.303 e. The van der Waals surface area contributed by atoms with E-state index in [-0.39, 0.29) is 12.3 Å². The highest BCUT2D eigenvalue weighted by molar-refractivity contribution is 7.99. The molecule has 1 amide bonds. The van der Waals surface area contributed by atoms with Crippen LogP contribution in [0.3, 0.4) is 0 Å². The monoisotopic (exact) mass is 259 g/mol. The van der Waals surface area contributed by atoms with Gasteiger partial charge >= 0.3 is 5.97 Å². The summed E-state index contributed by atoms with van der Waals surface area (Å²) >= 11 is 1.87. The molecule has 0 bridgehead atoms. The van der Waals surface area contributed by atoms with E-state index in [0.717, 1.165) is 17.9 Å². The van der Waals surface area contributed by atoms with Gasteiger partial charge in [0.15, 0.2) is 0 Å². The molecule has 0 aromatic heterocycles. The molecule has 1 rings (SSSR count). The van der Waals surface area contributed by atoms with E-state index in [9.17, 15) is 9.59 Å². The summed E-state index contributed by atoms with van der Waals surface area (Å²) in [6, 6.07) is 0.327. The van der Waals surface area contributed by atoms with Gasteiger partial charge in [-0.05, 0) is 17.6 Å². The van der Waals surface area contributed by atoms with Crippen LogP contribution in [0.5, 0.6) is 0 Å². The average Bonchev–Trinajstić information content (AvgIpc) is 2.65. The van der Waals surface area contributed by atoms with Gasteiger partial charge in [0.2, 0.25) is 5.91 Å². The Kier molecular flexibility index (Phi) is 4.86. The maximum absolute atomic E-state index is 12.1. The number of nitrogens with zero attached hydrogens (tertiary/aromatic N) is 1. The van der Waals surface area contributed by atoms with Gasteiger partial charge in [-0.25, -0.2) is 0 Å². The van der Waals surface area contributed by atoms with Gasteiger partial charge in [0, 0.05) is 25.3 Å². The van der Waals surface area contributed by atoms with E-state index in [1.54, 1.807) is 4.90 Å². The first-order chi connectivity index (χ1) is 7.82. The summed E-state index contributed by atoms with van der Waals surface area (Å²) in [5.41, 5.74) is -0.469. The summed E-state index contributed by atoms with van der Waals surface area (Å²) in [7, 11) is 1.83. The summed E-state index contributed by atoms with van der Waals surface area (Å²) in [6.07, 6.45) is 1.38. The number of hydrogen-bond acceptors (Lipinski definition) is 3. The molecule has 1 unspecified atom stereocenters. The highest BCUT2D eigenvalue weighted by Gasteiger charge is 2.30. The van der Waals surface area contributed by atoms with Crippen molar-refractivity contribution in [1.82, 2.24) is 4.90 Å². The molecule has 1 fully saturated rings. The molecule has 1 N–H and O–H groups in total. The predicted molar refractivity (Wildman–Crippen MR) is 69.2 cm³/mol. The number of carboxylic acid groups (broad SMARTS) is 1. The molecule has 5 heteroatoms. The topological polar surface area (TPSA) is 57.6 Å². The number of hydrogen-bond donors (Lipinski definition) is 1. The van der Waals surface area contributed by atoms with E-state index in [4.69, 9.17) is 5.11 Å². The van der Waals surface area contributed by atoms with Crippen LogP contribution < -0.4 is 0 Å². The second-order valence-electron chi connectivity index (χ2n) is 5.43. The van der Waals surface area contributed by atoms with Crippen LogP contribution in [0.1, 0.15) is 33.1 Å². The number of carboxylic acids is 1. The summed E-state index contributed by atoms with van der Waals surface area (Å²) < 4.78 is 0. The van der Waals surface area contributed by atoms with Gasteiger partial charge in [-0.15, -0.1) is 0 Å². The minimum Gasteiger partial charge on any atom is -0.481 e. The Balaban J connectivity index is 2.49. The largest absolute Gasteiger partial charge is 0.481 e. The second-order valence-corrected chi connectivity index (χ2v) is 6.58. The maximum atomic E-state index is 12.1. The third-order valence-corrected chi connectivity index (χ3v) is 4.25. The van der Waals surface area contributed by atoms with Crippen molar-refractivity contribution in [3.63, 3.8) is 0 Å². The third kappa shape index (κ3) is 4.58. The summed E-state index contributed by atoms with van der Waals surface area (Å²) in [4.78, 5) is 24.5. The molecular formula is C12H21NO3S. The Morgan fingerprint density at radius 1 is 1.41 bits per heavy atom. The van der Waals surface area contributed by atoms with Crippen LogP contribution in [0.4, 0.5) is 0 Å². The summed E-state index contributed by atoms with van der Waals surface area (Å²) in [6.45, 7) is 3.66. The number of rotatable bonds is 5. The van der Waals surface area contributed by atoms with Crippen molar-refractivity contribution in [2.75, 3.05) is 18.6 Å². The first-order valence-electron chi connectivity index (χ1n) is 5.87. The number of carbonyl (C=O) groups excluding carboxylic acids is 1. The van der Waals surface area contributed by atoms with Gasteiger partial charge < -0.3 is 10.0 Å². The van der Waals surface area contributed by atoms with E-state index < -0.39 is 11.4 Å². The SMILES string of the molecule is CN(C(=O)CC(C)(C)CC(=O)O)C1CCSC1. The van der Waals surface area contributed by atoms with Crippen molar-refractivity contribution in [3.8, 4) is 0 Å². The highest BCUT2D eigenvalue weighted by Crippen LogP contribution is 2.28. The van der Waals surface area contributed by atoms with E-state index in [1.807, 2.05) is 32.7 Å². The second kappa shape index (κ2) is 5.76. The van der Waals surface area contributed by atoms with Crippen molar-refractivity contribution >= 4 is 23.6 Å². The Morgan fingerprint density at radius 3 is 2.53 bits per heavy atom. The first-order valence-corrected chi connectivity index (χ1v) is 7.02. The van der Waals surface area contributed by atoms with Gasteiger partial charge in [-0.2, -0.15) is 11.8 Å². The molecule has 17 heavy (non-hydrogen) atoms. The van der Waals surface area contributed by atoms with E-state index in [1.165, 1.54) is 0 Å². The van der Waals surface area contributed by atoms with Crippen molar-refractivity contribution in [3.05, 3.63) is 0 Å². The lowest BCUT2D eigenvalue weighted by Crippen LogP contribution is -2.39. The average molecular weight is 259 g/mol. The lowest BCUT2D eigenvalue weighted by atomic mass is 9.85. The Bertz CT molecular complexity index is 298. The Labute approximate surface area is 107 Å². The molecule has 0 radical (unpaired) electrons. The third-order valence-electron chi connectivity index (χ3n) is 3.11. The van der Waals surface area contributed by atoms with E-state index >= 15 is 0 Å². The zero-order chi connectivity index (χ0) is 13.1. The molecule has 4 nitrogen and oxygen atoms in total. The fraction of sp³-hybridized carbons (Fsp3) is 0.833. The van der Waals surface area contributed by atoms with Crippen molar-refractivity contribution in [1.29, 1.82) is 0 Å². The molecular weight excluding hydrogens is 238 g/mol. The van der Waals surface area contributed by atoms with Crippen LogP contribution in [0.25, 0.3) is 0 Å². The molecule has 1 aliphatic rings. The Morgan fingerprint density at radius 2 is 2.06 bits per heavy atom. The molecule has 0 aromatic carbocycles. The number of carbonyl (C=O) groups is 2. The fourth-order valence-corrected chi connectivity index (χ4v) is 3.30. The number of amides is 1. The zero-order valence-electron chi connectivity index (χ0n) is 10.7. The molecule has 0 aromatic rings. The van der Waals surface area contributed by atoms with Crippen LogP contribution in [0, 0.1) is 5.41 Å². The normalized spacial score (nSPS) is 20.3.